The van der Waals surface area contributed by atoms with Gasteiger partial charge < -0.3 is 25.0 Å². The van der Waals surface area contributed by atoms with Gasteiger partial charge in [-0.25, -0.2) is 9.59 Å². The standard InChI is InChI=1S/C32H42N4O6/c1-21-14-12-13-17-24(21)26(36(19-18-33)28(38)22(2)34-30(40)42-32(6,7)8)27(37)35-25(29(39)41-31(3,4)5)20-23-15-10-9-11-16-23/h9-17,22,25-26H,19-20H2,1-8H3,(H,34,40)(H,35,37). The third-order valence-corrected chi connectivity index (χ3v) is 5.96. The van der Waals surface area contributed by atoms with Gasteiger partial charge in [-0.3, -0.25) is 9.59 Å². The molecule has 0 fully saturated rings. The van der Waals surface area contributed by atoms with Crippen molar-refractivity contribution < 1.29 is 28.7 Å². The number of nitriles is 1. The van der Waals surface area contributed by atoms with E-state index in [0.717, 1.165) is 10.5 Å². The van der Waals surface area contributed by atoms with E-state index in [2.05, 4.69) is 10.6 Å². The van der Waals surface area contributed by atoms with Gasteiger partial charge in [0.25, 0.3) is 0 Å². The van der Waals surface area contributed by atoms with Crippen molar-refractivity contribution in [2.75, 3.05) is 6.54 Å². The van der Waals surface area contributed by atoms with Gasteiger partial charge in [-0.15, -0.1) is 0 Å². The normalized spacial score (nSPS) is 13.5. The summed E-state index contributed by atoms with van der Waals surface area (Å²) < 4.78 is 10.9. The fourth-order valence-corrected chi connectivity index (χ4v) is 4.18. The molecule has 3 atom stereocenters. The van der Waals surface area contributed by atoms with Gasteiger partial charge in [0.2, 0.25) is 11.8 Å². The molecule has 0 aliphatic rings. The molecule has 0 radical (unpaired) electrons. The predicted molar refractivity (Wildman–Crippen MR) is 158 cm³/mol. The van der Waals surface area contributed by atoms with E-state index in [1.165, 1.54) is 6.92 Å². The molecule has 0 saturated heterocycles. The number of alkyl carbamates (subject to hydrolysis) is 1. The molecule has 2 N–H and O–H groups in total. The molecule has 10 nitrogen and oxygen atoms in total. The molecule has 0 aromatic heterocycles. The fourth-order valence-electron chi connectivity index (χ4n) is 4.18. The summed E-state index contributed by atoms with van der Waals surface area (Å²) in [6.45, 7) is 13.0. The summed E-state index contributed by atoms with van der Waals surface area (Å²) in [4.78, 5) is 54.5. The predicted octanol–water partition coefficient (Wildman–Crippen LogP) is 4.37. The van der Waals surface area contributed by atoms with Gasteiger partial charge in [0, 0.05) is 6.42 Å². The molecular weight excluding hydrogens is 536 g/mol. The SMILES string of the molecule is Cc1ccccc1C(C(=O)NC(Cc1ccccc1)C(=O)OC(C)(C)C)N(CC#N)C(=O)C(C)NC(=O)OC(C)(C)C. The molecular formula is C32H42N4O6. The monoisotopic (exact) mass is 578 g/mol. The average molecular weight is 579 g/mol. The van der Waals surface area contributed by atoms with Crippen LogP contribution in [0.3, 0.4) is 0 Å². The van der Waals surface area contributed by atoms with Crippen LogP contribution in [0.2, 0.25) is 0 Å². The second-order valence-corrected chi connectivity index (χ2v) is 12.0. The first kappa shape index (κ1) is 33.8. The van der Waals surface area contributed by atoms with E-state index in [1.54, 1.807) is 72.7 Å². The lowest BCUT2D eigenvalue weighted by molar-refractivity contribution is -0.159. The minimum absolute atomic E-state index is 0.144. The number of ether oxygens (including phenoxy) is 2. The summed E-state index contributed by atoms with van der Waals surface area (Å²) in [6, 6.07) is 14.6. The van der Waals surface area contributed by atoms with E-state index in [4.69, 9.17) is 9.47 Å². The van der Waals surface area contributed by atoms with Gasteiger partial charge in [0.15, 0.2) is 0 Å². The molecule has 10 heteroatoms. The molecule has 2 aromatic rings. The van der Waals surface area contributed by atoms with Crippen molar-refractivity contribution in [2.45, 2.75) is 91.1 Å². The number of esters is 1. The third kappa shape index (κ3) is 10.5. The first-order chi connectivity index (χ1) is 19.5. The molecule has 3 amide bonds. The van der Waals surface area contributed by atoms with Gasteiger partial charge in [-0.2, -0.15) is 5.26 Å². The lowest BCUT2D eigenvalue weighted by atomic mass is 9.97. The summed E-state index contributed by atoms with van der Waals surface area (Å²) in [5.41, 5.74) is 0.348. The Labute approximate surface area is 248 Å². The van der Waals surface area contributed by atoms with Crippen molar-refractivity contribution in [3.63, 3.8) is 0 Å². The molecule has 226 valence electrons. The molecule has 2 rings (SSSR count). The number of nitrogens with one attached hydrogen (secondary N) is 2. The van der Waals surface area contributed by atoms with Crippen LogP contribution in [0.5, 0.6) is 0 Å². The lowest BCUT2D eigenvalue weighted by Crippen LogP contribution is -2.54. The highest BCUT2D eigenvalue weighted by Crippen LogP contribution is 2.26. The minimum atomic E-state index is -1.29. The summed E-state index contributed by atoms with van der Waals surface area (Å²) in [6.07, 6.45) is -0.671. The van der Waals surface area contributed by atoms with Gasteiger partial charge >= 0.3 is 12.1 Å². The Morgan fingerprint density at radius 1 is 0.881 bits per heavy atom. The van der Waals surface area contributed by atoms with Crippen LogP contribution < -0.4 is 10.6 Å². The van der Waals surface area contributed by atoms with Crippen LogP contribution in [0.15, 0.2) is 54.6 Å². The average Bonchev–Trinajstić information content (AvgIpc) is 2.87. The van der Waals surface area contributed by atoms with E-state index in [1.807, 2.05) is 36.4 Å². The number of amides is 3. The second kappa shape index (κ2) is 14.5. The molecule has 0 aliphatic heterocycles. The zero-order valence-corrected chi connectivity index (χ0v) is 25.7. The summed E-state index contributed by atoms with van der Waals surface area (Å²) in [5.74, 6) is -1.99. The Kier molecular flexibility index (Phi) is 11.7. The lowest BCUT2D eigenvalue weighted by Gasteiger charge is -2.33. The molecule has 0 aliphatic carbocycles. The quantitative estimate of drug-likeness (QED) is 0.315. The van der Waals surface area contributed by atoms with Crippen molar-refractivity contribution in [3.8, 4) is 6.07 Å². The molecule has 0 bridgehead atoms. The molecule has 2 aromatic carbocycles. The number of benzene rings is 2. The van der Waals surface area contributed by atoms with Crippen molar-refractivity contribution in [1.82, 2.24) is 15.5 Å². The zero-order valence-electron chi connectivity index (χ0n) is 25.7. The maximum atomic E-state index is 14.1. The van der Waals surface area contributed by atoms with Crippen LogP contribution in [0.1, 0.15) is 71.2 Å². The largest absolute Gasteiger partial charge is 0.458 e. The van der Waals surface area contributed by atoms with Gasteiger partial charge in [0.1, 0.15) is 35.9 Å². The number of hydrogen-bond donors (Lipinski definition) is 2. The number of rotatable bonds is 10. The Bertz CT molecular complexity index is 1290. The van der Waals surface area contributed by atoms with E-state index in [9.17, 15) is 24.4 Å². The topological polar surface area (TPSA) is 138 Å². The van der Waals surface area contributed by atoms with E-state index < -0.39 is 59.7 Å². The number of hydrogen-bond acceptors (Lipinski definition) is 7. The third-order valence-electron chi connectivity index (χ3n) is 5.96. The van der Waals surface area contributed by atoms with Crippen molar-refractivity contribution >= 4 is 23.9 Å². The maximum absolute atomic E-state index is 14.1. The van der Waals surface area contributed by atoms with Crippen molar-refractivity contribution in [3.05, 3.63) is 71.3 Å². The minimum Gasteiger partial charge on any atom is -0.458 e. The summed E-state index contributed by atoms with van der Waals surface area (Å²) in [5, 5.41) is 15.0. The Hall–Kier alpha value is -4.39. The zero-order chi connectivity index (χ0) is 31.7. The Morgan fingerprint density at radius 2 is 1.45 bits per heavy atom. The molecule has 0 saturated carbocycles. The van der Waals surface area contributed by atoms with E-state index in [0.29, 0.717) is 11.1 Å². The molecule has 0 heterocycles. The fraction of sp³-hybridized carbons (Fsp3) is 0.469. The Morgan fingerprint density at radius 3 is 2.00 bits per heavy atom. The van der Waals surface area contributed by atoms with Crippen LogP contribution >= 0.6 is 0 Å². The first-order valence-corrected chi connectivity index (χ1v) is 13.8. The Balaban J connectivity index is 2.50. The van der Waals surface area contributed by atoms with Crippen LogP contribution in [0, 0.1) is 18.3 Å². The first-order valence-electron chi connectivity index (χ1n) is 13.8. The number of nitrogens with zero attached hydrogens (tertiary/aromatic N) is 2. The summed E-state index contributed by atoms with van der Waals surface area (Å²) >= 11 is 0. The number of carbonyl (C=O) groups excluding carboxylic acids is 4. The van der Waals surface area contributed by atoms with Gasteiger partial charge in [-0.05, 0) is 72.1 Å². The summed E-state index contributed by atoms with van der Waals surface area (Å²) in [7, 11) is 0. The van der Waals surface area contributed by atoms with Gasteiger partial charge in [0.05, 0.1) is 6.07 Å². The molecule has 42 heavy (non-hydrogen) atoms. The van der Waals surface area contributed by atoms with Crippen molar-refractivity contribution in [2.24, 2.45) is 0 Å². The second-order valence-electron chi connectivity index (χ2n) is 12.0. The maximum Gasteiger partial charge on any atom is 0.408 e. The smallest absolute Gasteiger partial charge is 0.408 e. The van der Waals surface area contributed by atoms with Gasteiger partial charge in [-0.1, -0.05) is 54.6 Å². The van der Waals surface area contributed by atoms with Crippen LogP contribution in [-0.2, 0) is 30.3 Å². The van der Waals surface area contributed by atoms with Crippen LogP contribution in [-0.4, -0.2) is 58.6 Å². The van der Waals surface area contributed by atoms with E-state index in [-0.39, 0.29) is 6.42 Å². The van der Waals surface area contributed by atoms with Crippen LogP contribution in [0.25, 0.3) is 0 Å². The molecule has 0 spiro atoms. The number of carbonyl (C=O) groups is 4. The van der Waals surface area contributed by atoms with E-state index >= 15 is 0 Å². The van der Waals surface area contributed by atoms with Crippen molar-refractivity contribution in [1.29, 1.82) is 5.26 Å². The van der Waals surface area contributed by atoms with Crippen LogP contribution in [0.4, 0.5) is 4.79 Å². The highest BCUT2D eigenvalue weighted by atomic mass is 16.6. The highest BCUT2D eigenvalue weighted by Gasteiger charge is 2.37. The molecule has 3 unspecified atom stereocenters. The number of aryl methyl sites for hydroxylation is 1. The highest BCUT2D eigenvalue weighted by molar-refractivity contribution is 5.94.